The molecule has 1 saturated heterocycles. The van der Waals surface area contributed by atoms with E-state index in [0.29, 0.717) is 0 Å². The molecule has 1 heterocycles. The Kier molecular flexibility index (Phi) is 5.25. The Morgan fingerprint density at radius 2 is 1.62 bits per heavy atom. The number of likely N-dealkylation sites (tertiary alicyclic amines) is 1. The Morgan fingerprint density at radius 3 is 2.06 bits per heavy atom. The van der Waals surface area contributed by atoms with E-state index in [1.54, 1.807) is 0 Å². The van der Waals surface area contributed by atoms with Crippen molar-refractivity contribution in [1.82, 2.24) is 4.90 Å². The van der Waals surface area contributed by atoms with Gasteiger partial charge in [-0.3, -0.25) is 14.5 Å². The third-order valence-corrected chi connectivity index (χ3v) is 3.00. The Labute approximate surface area is 95.1 Å². The van der Waals surface area contributed by atoms with E-state index in [0.717, 1.165) is 38.8 Å². The van der Waals surface area contributed by atoms with Crippen molar-refractivity contribution in [3.05, 3.63) is 0 Å². The number of rotatable bonds is 5. The lowest BCUT2D eigenvalue weighted by molar-refractivity contribution is -0.144. The summed E-state index contributed by atoms with van der Waals surface area (Å²) >= 11 is 0. The predicted molar refractivity (Wildman–Crippen MR) is 58.3 cm³/mol. The maximum Gasteiger partial charge on any atom is 0.320 e. The smallest absolute Gasteiger partial charge is 0.320 e. The molecule has 0 spiro atoms. The highest BCUT2D eigenvalue weighted by Crippen LogP contribution is 2.15. The van der Waals surface area contributed by atoms with E-state index in [1.807, 2.05) is 4.90 Å². The van der Waals surface area contributed by atoms with Gasteiger partial charge in [0, 0.05) is 6.42 Å². The standard InChI is InChI=1S/C11H19NO4/c13-10(14)6-5-9(11(15)16)12-7-3-1-2-4-8-12/h9H,1-8H2,(H,13,14)(H,15,16). The molecule has 5 heteroatoms. The van der Waals surface area contributed by atoms with Crippen LogP contribution in [0.1, 0.15) is 38.5 Å². The van der Waals surface area contributed by atoms with Crippen LogP contribution in [0.5, 0.6) is 0 Å². The average Bonchev–Trinajstić information content (AvgIpc) is 2.45. The summed E-state index contributed by atoms with van der Waals surface area (Å²) in [6.07, 6.45) is 4.43. The van der Waals surface area contributed by atoms with Crippen LogP contribution in [0.2, 0.25) is 0 Å². The number of carbonyl (C=O) groups is 2. The van der Waals surface area contributed by atoms with Crippen molar-refractivity contribution < 1.29 is 19.8 Å². The largest absolute Gasteiger partial charge is 0.481 e. The fraction of sp³-hybridized carbons (Fsp3) is 0.818. The second-order valence-corrected chi connectivity index (χ2v) is 4.24. The van der Waals surface area contributed by atoms with Gasteiger partial charge >= 0.3 is 11.9 Å². The van der Waals surface area contributed by atoms with Gasteiger partial charge in [-0.25, -0.2) is 0 Å². The molecule has 0 amide bonds. The van der Waals surface area contributed by atoms with Crippen LogP contribution < -0.4 is 0 Å². The van der Waals surface area contributed by atoms with Gasteiger partial charge in [-0.1, -0.05) is 12.8 Å². The average molecular weight is 229 g/mol. The Hall–Kier alpha value is -1.10. The first-order valence-electron chi connectivity index (χ1n) is 5.80. The summed E-state index contributed by atoms with van der Waals surface area (Å²) in [5.74, 6) is -1.83. The summed E-state index contributed by atoms with van der Waals surface area (Å²) in [5, 5.41) is 17.7. The topological polar surface area (TPSA) is 77.8 Å². The minimum absolute atomic E-state index is 0.0759. The molecule has 0 saturated carbocycles. The third kappa shape index (κ3) is 4.18. The number of nitrogens with zero attached hydrogens (tertiary/aromatic N) is 1. The quantitative estimate of drug-likeness (QED) is 0.740. The van der Waals surface area contributed by atoms with Gasteiger partial charge in [0.05, 0.1) is 0 Å². The van der Waals surface area contributed by atoms with Crippen LogP contribution >= 0.6 is 0 Å². The first-order valence-corrected chi connectivity index (χ1v) is 5.80. The van der Waals surface area contributed by atoms with Crippen molar-refractivity contribution in [1.29, 1.82) is 0 Å². The molecule has 1 fully saturated rings. The van der Waals surface area contributed by atoms with Crippen LogP contribution in [-0.4, -0.2) is 46.2 Å². The van der Waals surface area contributed by atoms with Gasteiger partial charge in [0.15, 0.2) is 0 Å². The molecule has 1 rings (SSSR count). The van der Waals surface area contributed by atoms with E-state index >= 15 is 0 Å². The normalized spacial score (nSPS) is 20.0. The SMILES string of the molecule is O=C(O)CCC(C(=O)O)N1CCCCCC1. The van der Waals surface area contributed by atoms with E-state index in [4.69, 9.17) is 10.2 Å². The molecule has 2 N–H and O–H groups in total. The summed E-state index contributed by atoms with van der Waals surface area (Å²) in [6.45, 7) is 1.55. The van der Waals surface area contributed by atoms with Crippen molar-refractivity contribution >= 4 is 11.9 Å². The molecular formula is C11H19NO4. The Bertz CT molecular complexity index is 246. The zero-order valence-electron chi connectivity index (χ0n) is 9.39. The first-order chi connectivity index (χ1) is 7.61. The number of hydrogen-bond donors (Lipinski definition) is 2. The summed E-state index contributed by atoms with van der Waals surface area (Å²) in [6, 6.07) is -0.630. The molecule has 0 aliphatic carbocycles. The lowest BCUT2D eigenvalue weighted by Gasteiger charge is -2.26. The molecule has 0 bridgehead atoms. The van der Waals surface area contributed by atoms with Gasteiger partial charge in [0.25, 0.3) is 0 Å². The van der Waals surface area contributed by atoms with Gasteiger partial charge in [-0.15, -0.1) is 0 Å². The molecule has 0 aromatic heterocycles. The number of carboxylic acid groups (broad SMARTS) is 2. The zero-order chi connectivity index (χ0) is 12.0. The molecule has 0 radical (unpaired) electrons. The number of aliphatic carboxylic acids is 2. The van der Waals surface area contributed by atoms with Gasteiger partial charge in [0.2, 0.25) is 0 Å². The number of carboxylic acids is 2. The van der Waals surface area contributed by atoms with Gasteiger partial charge in [-0.2, -0.15) is 0 Å². The molecule has 1 aliphatic heterocycles. The molecule has 1 aliphatic rings. The summed E-state index contributed by atoms with van der Waals surface area (Å²) in [7, 11) is 0. The lowest BCUT2D eigenvalue weighted by Crippen LogP contribution is -2.42. The van der Waals surface area contributed by atoms with Crippen molar-refractivity contribution in [3.8, 4) is 0 Å². The van der Waals surface area contributed by atoms with Crippen LogP contribution in [0.25, 0.3) is 0 Å². The second-order valence-electron chi connectivity index (χ2n) is 4.24. The van der Waals surface area contributed by atoms with Crippen molar-refractivity contribution in [2.75, 3.05) is 13.1 Å². The van der Waals surface area contributed by atoms with E-state index < -0.39 is 18.0 Å². The lowest BCUT2D eigenvalue weighted by atomic mass is 10.1. The first kappa shape index (κ1) is 13.0. The zero-order valence-corrected chi connectivity index (χ0v) is 9.39. The Morgan fingerprint density at radius 1 is 1.06 bits per heavy atom. The third-order valence-electron chi connectivity index (χ3n) is 3.00. The molecule has 1 atom stereocenters. The summed E-state index contributed by atoms with van der Waals surface area (Å²) in [4.78, 5) is 23.5. The summed E-state index contributed by atoms with van der Waals surface area (Å²) < 4.78 is 0. The highest BCUT2D eigenvalue weighted by Gasteiger charge is 2.26. The molecule has 92 valence electrons. The fourth-order valence-corrected chi connectivity index (χ4v) is 2.13. The monoisotopic (exact) mass is 229 g/mol. The van der Waals surface area contributed by atoms with Crippen molar-refractivity contribution in [3.63, 3.8) is 0 Å². The molecular weight excluding hydrogens is 210 g/mol. The molecule has 0 aromatic rings. The van der Waals surface area contributed by atoms with Crippen LogP contribution in [0.15, 0.2) is 0 Å². The van der Waals surface area contributed by atoms with Gasteiger partial charge in [0.1, 0.15) is 6.04 Å². The highest BCUT2D eigenvalue weighted by atomic mass is 16.4. The molecule has 0 aromatic carbocycles. The predicted octanol–water partition coefficient (Wildman–Crippen LogP) is 1.18. The Balaban J connectivity index is 2.53. The minimum atomic E-state index is -0.930. The fourth-order valence-electron chi connectivity index (χ4n) is 2.13. The van der Waals surface area contributed by atoms with E-state index in [-0.39, 0.29) is 12.8 Å². The summed E-state index contributed by atoms with van der Waals surface area (Å²) in [5.41, 5.74) is 0. The maximum atomic E-state index is 11.1. The van der Waals surface area contributed by atoms with E-state index in [9.17, 15) is 9.59 Å². The highest BCUT2D eigenvalue weighted by molar-refractivity contribution is 5.75. The van der Waals surface area contributed by atoms with Crippen LogP contribution in [0, 0.1) is 0 Å². The van der Waals surface area contributed by atoms with Crippen molar-refractivity contribution in [2.45, 2.75) is 44.6 Å². The van der Waals surface area contributed by atoms with Crippen molar-refractivity contribution in [2.24, 2.45) is 0 Å². The van der Waals surface area contributed by atoms with Crippen LogP contribution in [0.4, 0.5) is 0 Å². The van der Waals surface area contributed by atoms with Crippen LogP contribution in [-0.2, 0) is 9.59 Å². The maximum absolute atomic E-state index is 11.1. The van der Waals surface area contributed by atoms with E-state index in [2.05, 4.69) is 0 Å². The minimum Gasteiger partial charge on any atom is -0.481 e. The number of hydrogen-bond acceptors (Lipinski definition) is 3. The second kappa shape index (κ2) is 6.48. The van der Waals surface area contributed by atoms with Crippen LogP contribution in [0.3, 0.4) is 0 Å². The van der Waals surface area contributed by atoms with Gasteiger partial charge < -0.3 is 10.2 Å². The molecule has 1 unspecified atom stereocenters. The van der Waals surface area contributed by atoms with E-state index in [1.165, 1.54) is 0 Å². The molecule has 5 nitrogen and oxygen atoms in total. The molecule has 16 heavy (non-hydrogen) atoms. The van der Waals surface area contributed by atoms with Gasteiger partial charge in [-0.05, 0) is 32.4 Å².